The van der Waals surface area contributed by atoms with Gasteiger partial charge in [-0.25, -0.2) is 4.98 Å². The second-order valence-electron chi connectivity index (χ2n) is 5.07. The highest BCUT2D eigenvalue weighted by Gasteiger charge is 2.13. The molecule has 0 aliphatic rings. The Morgan fingerprint density at radius 3 is 2.62 bits per heavy atom. The molecule has 1 atom stereocenters. The molecule has 106 valence electrons. The maximum Gasteiger partial charge on any atom is 0.208 e. The lowest BCUT2D eigenvalue weighted by Gasteiger charge is -2.17. The fraction of sp³-hybridized carbons (Fsp3) is 0.176. The van der Waals surface area contributed by atoms with Crippen LogP contribution in [0.15, 0.2) is 61.1 Å². The molecule has 1 N–H and O–H groups in total. The van der Waals surface area contributed by atoms with E-state index in [1.807, 2.05) is 49.5 Å². The van der Waals surface area contributed by atoms with Gasteiger partial charge in [-0.2, -0.15) is 0 Å². The molecule has 0 amide bonds. The van der Waals surface area contributed by atoms with Crippen molar-refractivity contribution in [2.45, 2.75) is 19.9 Å². The standard InChI is InChI=1S/C17H18N4/c1-13-12-21(14(2)15-7-6-10-18-11-15)17(19-13)20-16-8-4-3-5-9-16/h3-12,14H,1-2H3,(H,19,20). The summed E-state index contributed by atoms with van der Waals surface area (Å²) in [5, 5.41) is 3.38. The van der Waals surface area contributed by atoms with Crippen LogP contribution in [0.4, 0.5) is 11.6 Å². The van der Waals surface area contributed by atoms with Crippen molar-refractivity contribution in [3.63, 3.8) is 0 Å². The van der Waals surface area contributed by atoms with Crippen molar-refractivity contribution in [3.05, 3.63) is 72.3 Å². The van der Waals surface area contributed by atoms with E-state index in [1.54, 1.807) is 6.20 Å². The summed E-state index contributed by atoms with van der Waals surface area (Å²) < 4.78 is 2.14. The fourth-order valence-electron chi connectivity index (χ4n) is 2.34. The molecule has 3 rings (SSSR count). The third kappa shape index (κ3) is 2.94. The SMILES string of the molecule is Cc1cn(C(C)c2cccnc2)c(Nc2ccccc2)n1. The molecular weight excluding hydrogens is 260 g/mol. The lowest BCUT2D eigenvalue weighted by molar-refractivity contribution is 0.644. The molecule has 4 heteroatoms. The Labute approximate surface area is 124 Å². The van der Waals surface area contributed by atoms with Gasteiger partial charge in [0, 0.05) is 24.3 Å². The lowest BCUT2D eigenvalue weighted by atomic mass is 10.1. The van der Waals surface area contributed by atoms with E-state index in [-0.39, 0.29) is 6.04 Å². The highest BCUT2D eigenvalue weighted by Crippen LogP contribution is 2.24. The average Bonchev–Trinajstić information content (AvgIpc) is 2.89. The number of hydrogen-bond acceptors (Lipinski definition) is 3. The van der Waals surface area contributed by atoms with Gasteiger partial charge in [-0.15, -0.1) is 0 Å². The summed E-state index contributed by atoms with van der Waals surface area (Å²) in [5.74, 6) is 0.843. The summed E-state index contributed by atoms with van der Waals surface area (Å²) >= 11 is 0. The van der Waals surface area contributed by atoms with Crippen LogP contribution in [0.1, 0.15) is 24.2 Å². The van der Waals surface area contributed by atoms with Crippen molar-refractivity contribution in [3.8, 4) is 0 Å². The Bertz CT molecular complexity index is 704. The second-order valence-corrected chi connectivity index (χ2v) is 5.07. The van der Waals surface area contributed by atoms with E-state index in [2.05, 4.69) is 39.0 Å². The first-order valence-corrected chi connectivity index (χ1v) is 7.01. The Balaban J connectivity index is 1.93. The average molecular weight is 278 g/mol. The number of pyridine rings is 1. The van der Waals surface area contributed by atoms with Gasteiger partial charge in [0.2, 0.25) is 5.95 Å². The Morgan fingerprint density at radius 2 is 1.90 bits per heavy atom. The molecular formula is C17H18N4. The van der Waals surface area contributed by atoms with E-state index in [4.69, 9.17) is 0 Å². The Morgan fingerprint density at radius 1 is 1.10 bits per heavy atom. The van der Waals surface area contributed by atoms with Gasteiger partial charge in [-0.1, -0.05) is 24.3 Å². The highest BCUT2D eigenvalue weighted by molar-refractivity contribution is 5.53. The quantitative estimate of drug-likeness (QED) is 0.786. The predicted octanol–water partition coefficient (Wildman–Crippen LogP) is 3.94. The zero-order valence-electron chi connectivity index (χ0n) is 12.2. The van der Waals surface area contributed by atoms with Gasteiger partial charge in [0.05, 0.1) is 11.7 Å². The number of hydrogen-bond donors (Lipinski definition) is 1. The highest BCUT2D eigenvalue weighted by atomic mass is 15.2. The van der Waals surface area contributed by atoms with Crippen LogP contribution in [-0.4, -0.2) is 14.5 Å². The van der Waals surface area contributed by atoms with Gasteiger partial charge >= 0.3 is 0 Å². The van der Waals surface area contributed by atoms with E-state index >= 15 is 0 Å². The van der Waals surface area contributed by atoms with Crippen molar-refractivity contribution in [2.75, 3.05) is 5.32 Å². The first-order chi connectivity index (χ1) is 10.2. The maximum atomic E-state index is 4.58. The zero-order chi connectivity index (χ0) is 14.7. The molecule has 0 aliphatic heterocycles. The van der Waals surface area contributed by atoms with Crippen LogP contribution in [0.25, 0.3) is 0 Å². The Kier molecular flexibility index (Phi) is 3.69. The van der Waals surface area contributed by atoms with Crippen LogP contribution in [0.2, 0.25) is 0 Å². The monoisotopic (exact) mass is 278 g/mol. The normalized spacial score (nSPS) is 12.1. The molecule has 0 bridgehead atoms. The number of rotatable bonds is 4. The minimum absolute atomic E-state index is 0.172. The second kappa shape index (κ2) is 5.79. The molecule has 1 aromatic carbocycles. The van der Waals surface area contributed by atoms with Crippen LogP contribution in [-0.2, 0) is 0 Å². The summed E-state index contributed by atoms with van der Waals surface area (Å²) in [4.78, 5) is 8.78. The third-order valence-corrected chi connectivity index (χ3v) is 3.47. The molecule has 1 unspecified atom stereocenters. The minimum atomic E-state index is 0.172. The van der Waals surface area contributed by atoms with Crippen molar-refractivity contribution >= 4 is 11.6 Å². The first-order valence-electron chi connectivity index (χ1n) is 7.01. The van der Waals surface area contributed by atoms with Crippen molar-refractivity contribution in [1.82, 2.24) is 14.5 Å². The van der Waals surface area contributed by atoms with Crippen molar-refractivity contribution in [1.29, 1.82) is 0 Å². The smallest absolute Gasteiger partial charge is 0.208 e. The topological polar surface area (TPSA) is 42.7 Å². The van der Waals surface area contributed by atoms with Crippen LogP contribution < -0.4 is 5.32 Å². The van der Waals surface area contributed by atoms with Gasteiger partial charge in [0.1, 0.15) is 0 Å². The van der Waals surface area contributed by atoms with Crippen LogP contribution in [0.3, 0.4) is 0 Å². The number of imidazole rings is 1. The van der Waals surface area contributed by atoms with Crippen LogP contribution >= 0.6 is 0 Å². The number of aryl methyl sites for hydroxylation is 1. The van der Waals surface area contributed by atoms with E-state index in [1.165, 1.54) is 0 Å². The number of benzene rings is 1. The third-order valence-electron chi connectivity index (χ3n) is 3.47. The van der Waals surface area contributed by atoms with Crippen LogP contribution in [0.5, 0.6) is 0 Å². The summed E-state index contributed by atoms with van der Waals surface area (Å²) in [7, 11) is 0. The zero-order valence-corrected chi connectivity index (χ0v) is 12.2. The first kappa shape index (κ1) is 13.4. The van der Waals surface area contributed by atoms with Gasteiger partial charge in [-0.05, 0) is 37.6 Å². The predicted molar refractivity (Wildman–Crippen MR) is 84.7 cm³/mol. The molecule has 0 aliphatic carbocycles. The number of nitrogens with zero attached hydrogens (tertiary/aromatic N) is 3. The molecule has 0 fully saturated rings. The van der Waals surface area contributed by atoms with Gasteiger partial charge in [0.15, 0.2) is 0 Å². The Hall–Kier alpha value is -2.62. The van der Waals surface area contributed by atoms with Crippen LogP contribution in [0, 0.1) is 6.92 Å². The molecule has 0 spiro atoms. The number of aromatic nitrogens is 3. The summed E-state index contributed by atoms with van der Waals surface area (Å²) in [6, 6.07) is 14.3. The summed E-state index contributed by atoms with van der Waals surface area (Å²) in [5.41, 5.74) is 3.18. The molecule has 0 saturated carbocycles. The molecule has 2 aromatic heterocycles. The van der Waals surface area contributed by atoms with Crippen molar-refractivity contribution in [2.24, 2.45) is 0 Å². The number of para-hydroxylation sites is 1. The van der Waals surface area contributed by atoms with Gasteiger partial charge < -0.3 is 9.88 Å². The van der Waals surface area contributed by atoms with E-state index in [0.717, 1.165) is 22.9 Å². The summed E-state index contributed by atoms with van der Waals surface area (Å²) in [6.07, 6.45) is 5.74. The molecule has 2 heterocycles. The minimum Gasteiger partial charge on any atom is -0.326 e. The number of nitrogens with one attached hydrogen (secondary N) is 1. The largest absolute Gasteiger partial charge is 0.326 e. The van der Waals surface area contributed by atoms with E-state index in [0.29, 0.717) is 0 Å². The van der Waals surface area contributed by atoms with E-state index < -0.39 is 0 Å². The van der Waals surface area contributed by atoms with Crippen molar-refractivity contribution < 1.29 is 0 Å². The fourth-order valence-corrected chi connectivity index (χ4v) is 2.34. The van der Waals surface area contributed by atoms with E-state index in [9.17, 15) is 0 Å². The molecule has 0 radical (unpaired) electrons. The molecule has 0 saturated heterocycles. The molecule has 21 heavy (non-hydrogen) atoms. The lowest BCUT2D eigenvalue weighted by Crippen LogP contribution is -2.09. The molecule has 3 aromatic rings. The summed E-state index contributed by atoms with van der Waals surface area (Å²) in [6.45, 7) is 4.15. The molecule has 4 nitrogen and oxygen atoms in total. The van der Waals surface area contributed by atoms with Gasteiger partial charge in [-0.3, -0.25) is 4.98 Å². The maximum absolute atomic E-state index is 4.58. The van der Waals surface area contributed by atoms with Gasteiger partial charge in [0.25, 0.3) is 0 Å². The number of anilines is 2.